The number of piperazine rings is 1. The first-order valence-corrected chi connectivity index (χ1v) is 9.20. The van der Waals surface area contributed by atoms with Crippen LogP contribution in [0.1, 0.15) is 24.4 Å². The summed E-state index contributed by atoms with van der Waals surface area (Å²) in [5.41, 5.74) is 2.36. The summed E-state index contributed by atoms with van der Waals surface area (Å²) < 4.78 is 0. The lowest BCUT2D eigenvalue weighted by atomic mass is 10.0. The van der Waals surface area contributed by atoms with Gasteiger partial charge in [-0.3, -0.25) is 9.69 Å². The Labute approximate surface area is 149 Å². The highest BCUT2D eigenvalue weighted by atomic mass is 16.2. The normalized spacial score (nSPS) is 19.4. The van der Waals surface area contributed by atoms with Crippen molar-refractivity contribution in [2.24, 2.45) is 0 Å². The number of carbonyl (C=O) groups excluding carboxylic acids is 1. The summed E-state index contributed by atoms with van der Waals surface area (Å²) >= 11 is 0. The van der Waals surface area contributed by atoms with Gasteiger partial charge in [-0.25, -0.2) is 0 Å². The Kier molecular flexibility index (Phi) is 4.70. The van der Waals surface area contributed by atoms with E-state index in [1.54, 1.807) is 0 Å². The Bertz CT molecular complexity index is 692. The van der Waals surface area contributed by atoms with Gasteiger partial charge >= 0.3 is 0 Å². The smallest absolute Gasteiger partial charge is 0.242 e. The fourth-order valence-corrected chi connectivity index (χ4v) is 3.55. The summed E-state index contributed by atoms with van der Waals surface area (Å²) in [6.07, 6.45) is 2.24. The van der Waals surface area contributed by atoms with Crippen molar-refractivity contribution in [2.45, 2.75) is 24.9 Å². The number of para-hydroxylation sites is 1. The van der Waals surface area contributed by atoms with Crippen LogP contribution in [-0.4, -0.2) is 43.0 Å². The second-order valence-corrected chi connectivity index (χ2v) is 6.95. The molecule has 25 heavy (non-hydrogen) atoms. The quantitative estimate of drug-likeness (QED) is 0.913. The van der Waals surface area contributed by atoms with Gasteiger partial charge in [0.05, 0.1) is 0 Å². The maximum absolute atomic E-state index is 12.9. The van der Waals surface area contributed by atoms with Gasteiger partial charge < -0.3 is 10.2 Å². The van der Waals surface area contributed by atoms with Crippen LogP contribution in [0.25, 0.3) is 0 Å². The van der Waals surface area contributed by atoms with Gasteiger partial charge in [-0.05, 0) is 30.5 Å². The molecule has 0 aromatic heterocycles. The van der Waals surface area contributed by atoms with Gasteiger partial charge in [0.1, 0.15) is 6.04 Å². The number of hydrogen-bond donors (Lipinski definition) is 1. The lowest BCUT2D eigenvalue weighted by Gasteiger charge is -2.39. The second-order valence-electron chi connectivity index (χ2n) is 6.95. The van der Waals surface area contributed by atoms with E-state index < -0.39 is 0 Å². The molecule has 4 rings (SSSR count). The zero-order valence-electron chi connectivity index (χ0n) is 14.5. The van der Waals surface area contributed by atoms with E-state index in [2.05, 4.69) is 51.5 Å². The van der Waals surface area contributed by atoms with E-state index in [0.717, 1.165) is 44.6 Å². The van der Waals surface area contributed by atoms with Crippen LogP contribution in [0, 0.1) is 0 Å². The number of rotatable bonds is 5. The summed E-state index contributed by atoms with van der Waals surface area (Å²) in [6.45, 7) is 3.69. The summed E-state index contributed by atoms with van der Waals surface area (Å²) in [5.74, 6) is 0.155. The van der Waals surface area contributed by atoms with Gasteiger partial charge in [0.2, 0.25) is 5.91 Å². The fourth-order valence-electron chi connectivity index (χ4n) is 3.55. The summed E-state index contributed by atoms with van der Waals surface area (Å²) in [5, 5.41) is 3.20. The van der Waals surface area contributed by atoms with Crippen LogP contribution >= 0.6 is 0 Å². The third-order valence-electron chi connectivity index (χ3n) is 5.09. The first-order valence-electron chi connectivity index (χ1n) is 9.20. The number of amides is 1. The highest BCUT2D eigenvalue weighted by Gasteiger charge is 2.33. The molecule has 1 aliphatic heterocycles. The summed E-state index contributed by atoms with van der Waals surface area (Å²) in [7, 11) is 0. The third kappa shape index (κ3) is 3.85. The lowest BCUT2D eigenvalue weighted by Crippen LogP contribution is -2.51. The number of nitrogens with zero attached hydrogens (tertiary/aromatic N) is 2. The van der Waals surface area contributed by atoms with Crippen LogP contribution in [0.5, 0.6) is 0 Å². The van der Waals surface area contributed by atoms with E-state index >= 15 is 0 Å². The van der Waals surface area contributed by atoms with Crippen molar-refractivity contribution in [1.29, 1.82) is 0 Å². The van der Waals surface area contributed by atoms with Crippen molar-refractivity contribution >= 4 is 11.6 Å². The predicted molar refractivity (Wildman–Crippen MR) is 101 cm³/mol. The van der Waals surface area contributed by atoms with Crippen LogP contribution in [0.3, 0.4) is 0 Å². The van der Waals surface area contributed by atoms with Crippen molar-refractivity contribution in [2.75, 3.05) is 31.1 Å². The molecule has 2 aliphatic rings. The highest BCUT2D eigenvalue weighted by molar-refractivity contribution is 5.83. The van der Waals surface area contributed by atoms with Gasteiger partial charge in [-0.1, -0.05) is 48.5 Å². The molecule has 2 fully saturated rings. The van der Waals surface area contributed by atoms with E-state index in [0.29, 0.717) is 6.04 Å². The molecule has 2 aromatic rings. The van der Waals surface area contributed by atoms with E-state index in [1.165, 1.54) is 5.69 Å². The summed E-state index contributed by atoms with van der Waals surface area (Å²) in [4.78, 5) is 17.6. The minimum Gasteiger partial charge on any atom is -0.369 e. The SMILES string of the molecule is O=C(NC1CC1)[C@H](c1ccccc1)N1CCN(c2ccccc2)CC1. The molecule has 1 amide bonds. The van der Waals surface area contributed by atoms with Crippen LogP contribution < -0.4 is 10.2 Å². The Morgan fingerprint density at radius 2 is 1.48 bits per heavy atom. The Balaban J connectivity index is 1.47. The van der Waals surface area contributed by atoms with Crippen molar-refractivity contribution in [3.63, 3.8) is 0 Å². The predicted octanol–water partition coefficient (Wildman–Crippen LogP) is 2.83. The molecular formula is C21H25N3O. The van der Waals surface area contributed by atoms with Crippen molar-refractivity contribution < 1.29 is 4.79 Å². The third-order valence-corrected chi connectivity index (χ3v) is 5.09. The van der Waals surface area contributed by atoms with Gasteiger partial charge in [0, 0.05) is 37.9 Å². The zero-order valence-corrected chi connectivity index (χ0v) is 14.5. The molecule has 130 valence electrons. The van der Waals surface area contributed by atoms with E-state index in [1.807, 2.05) is 24.3 Å². The first-order chi connectivity index (χ1) is 12.3. The van der Waals surface area contributed by atoms with Crippen LogP contribution in [0.15, 0.2) is 60.7 Å². The number of benzene rings is 2. The van der Waals surface area contributed by atoms with E-state index in [9.17, 15) is 4.79 Å². The molecule has 0 unspecified atom stereocenters. The monoisotopic (exact) mass is 335 g/mol. The van der Waals surface area contributed by atoms with E-state index in [-0.39, 0.29) is 11.9 Å². The fraction of sp³-hybridized carbons (Fsp3) is 0.381. The van der Waals surface area contributed by atoms with Gasteiger partial charge in [0.25, 0.3) is 0 Å². The molecule has 1 saturated heterocycles. The Hall–Kier alpha value is -2.33. The van der Waals surface area contributed by atoms with Crippen LogP contribution in [-0.2, 0) is 4.79 Å². The van der Waals surface area contributed by atoms with Gasteiger partial charge in [0.15, 0.2) is 0 Å². The first kappa shape index (κ1) is 16.2. The minimum atomic E-state index is -0.181. The van der Waals surface area contributed by atoms with Gasteiger partial charge in [-0.2, -0.15) is 0 Å². The van der Waals surface area contributed by atoms with Crippen molar-refractivity contribution in [3.05, 3.63) is 66.2 Å². The molecule has 1 atom stereocenters. The van der Waals surface area contributed by atoms with Crippen molar-refractivity contribution in [1.82, 2.24) is 10.2 Å². The molecular weight excluding hydrogens is 310 g/mol. The van der Waals surface area contributed by atoms with Crippen LogP contribution in [0.2, 0.25) is 0 Å². The number of carbonyl (C=O) groups is 1. The average Bonchev–Trinajstić information content (AvgIpc) is 3.48. The molecule has 1 aliphatic carbocycles. The molecule has 4 heteroatoms. The maximum atomic E-state index is 12.9. The van der Waals surface area contributed by atoms with E-state index in [4.69, 9.17) is 0 Å². The Morgan fingerprint density at radius 1 is 0.880 bits per heavy atom. The average molecular weight is 335 g/mol. The number of anilines is 1. The largest absolute Gasteiger partial charge is 0.369 e. The minimum absolute atomic E-state index is 0.155. The number of hydrogen-bond acceptors (Lipinski definition) is 3. The molecule has 0 bridgehead atoms. The standard InChI is InChI=1S/C21H25N3O/c25-21(22-18-11-12-18)20(17-7-3-1-4-8-17)24-15-13-23(14-16-24)19-9-5-2-6-10-19/h1-10,18,20H,11-16H2,(H,22,25)/t20-/m0/s1. The molecule has 2 aromatic carbocycles. The van der Waals surface area contributed by atoms with Gasteiger partial charge in [-0.15, -0.1) is 0 Å². The molecule has 1 saturated carbocycles. The summed E-state index contributed by atoms with van der Waals surface area (Å²) in [6, 6.07) is 20.9. The molecule has 4 nitrogen and oxygen atoms in total. The molecule has 0 radical (unpaired) electrons. The van der Waals surface area contributed by atoms with Crippen LogP contribution in [0.4, 0.5) is 5.69 Å². The zero-order chi connectivity index (χ0) is 17.1. The topological polar surface area (TPSA) is 35.6 Å². The Morgan fingerprint density at radius 3 is 2.08 bits per heavy atom. The number of nitrogens with one attached hydrogen (secondary N) is 1. The highest BCUT2D eigenvalue weighted by Crippen LogP contribution is 2.27. The second kappa shape index (κ2) is 7.28. The van der Waals surface area contributed by atoms with Crippen molar-refractivity contribution in [3.8, 4) is 0 Å². The maximum Gasteiger partial charge on any atom is 0.242 e. The lowest BCUT2D eigenvalue weighted by molar-refractivity contribution is -0.127. The molecule has 1 heterocycles. The molecule has 0 spiro atoms. The molecule has 1 N–H and O–H groups in total.